The molecule has 1 unspecified atom stereocenters. The van der Waals surface area contributed by atoms with Gasteiger partial charge in [0.05, 0.1) is 14.2 Å². The van der Waals surface area contributed by atoms with E-state index in [1.165, 1.54) is 0 Å². The van der Waals surface area contributed by atoms with Gasteiger partial charge in [-0.1, -0.05) is 18.5 Å². The van der Waals surface area contributed by atoms with Gasteiger partial charge in [0, 0.05) is 23.6 Å². The highest BCUT2D eigenvalue weighted by Crippen LogP contribution is 2.40. The van der Waals surface area contributed by atoms with E-state index in [9.17, 15) is 5.11 Å². The standard InChI is InChI=1S/C12H17ClO3/c1-7(6-14)11-8(2)12(16-4)10(15-3)5-9(11)13/h5,7,14H,6H2,1-4H3. The Kier molecular flexibility index (Phi) is 4.44. The maximum Gasteiger partial charge on any atom is 0.164 e. The van der Waals surface area contributed by atoms with Gasteiger partial charge in [-0.2, -0.15) is 0 Å². The van der Waals surface area contributed by atoms with E-state index in [-0.39, 0.29) is 12.5 Å². The Bertz CT molecular complexity index is 377. The largest absolute Gasteiger partial charge is 0.493 e. The molecule has 1 atom stereocenters. The van der Waals surface area contributed by atoms with Gasteiger partial charge in [-0.25, -0.2) is 0 Å². The summed E-state index contributed by atoms with van der Waals surface area (Å²) in [6.45, 7) is 3.88. The van der Waals surface area contributed by atoms with Crippen LogP contribution in [-0.2, 0) is 0 Å². The van der Waals surface area contributed by atoms with Crippen molar-refractivity contribution in [3.8, 4) is 11.5 Å². The first-order valence-electron chi connectivity index (χ1n) is 5.08. The molecule has 0 radical (unpaired) electrons. The molecular weight excluding hydrogens is 228 g/mol. The van der Waals surface area contributed by atoms with E-state index in [1.807, 2.05) is 13.8 Å². The average molecular weight is 245 g/mol. The molecule has 90 valence electrons. The molecule has 1 N–H and O–H groups in total. The van der Waals surface area contributed by atoms with Crippen LogP contribution in [0.25, 0.3) is 0 Å². The predicted octanol–water partition coefficient (Wildman–Crippen LogP) is 2.76. The lowest BCUT2D eigenvalue weighted by molar-refractivity contribution is 0.272. The van der Waals surface area contributed by atoms with Crippen molar-refractivity contribution < 1.29 is 14.6 Å². The highest BCUT2D eigenvalue weighted by Gasteiger charge is 2.19. The van der Waals surface area contributed by atoms with Crippen molar-refractivity contribution in [1.29, 1.82) is 0 Å². The molecule has 0 aliphatic rings. The molecule has 0 aromatic heterocycles. The first-order chi connectivity index (χ1) is 7.56. The van der Waals surface area contributed by atoms with E-state index in [0.29, 0.717) is 16.5 Å². The summed E-state index contributed by atoms with van der Waals surface area (Å²) in [6.07, 6.45) is 0. The molecule has 1 aromatic rings. The zero-order valence-corrected chi connectivity index (χ0v) is 10.8. The lowest BCUT2D eigenvalue weighted by Crippen LogP contribution is -2.05. The lowest BCUT2D eigenvalue weighted by atomic mass is 9.96. The van der Waals surface area contributed by atoms with Crippen molar-refractivity contribution in [2.75, 3.05) is 20.8 Å². The molecule has 0 aliphatic carbocycles. The number of benzene rings is 1. The molecule has 0 aliphatic heterocycles. The Morgan fingerprint density at radius 3 is 2.44 bits per heavy atom. The first kappa shape index (κ1) is 13.1. The second-order valence-corrected chi connectivity index (χ2v) is 4.12. The van der Waals surface area contributed by atoms with Crippen LogP contribution in [0.15, 0.2) is 6.07 Å². The smallest absolute Gasteiger partial charge is 0.164 e. The predicted molar refractivity (Wildman–Crippen MR) is 64.8 cm³/mol. The summed E-state index contributed by atoms with van der Waals surface area (Å²) < 4.78 is 10.5. The SMILES string of the molecule is COc1cc(Cl)c(C(C)CO)c(C)c1OC. The Morgan fingerprint density at radius 1 is 1.38 bits per heavy atom. The van der Waals surface area contributed by atoms with Crippen LogP contribution in [0, 0.1) is 6.92 Å². The minimum absolute atomic E-state index is 0.0210. The second kappa shape index (κ2) is 5.41. The Morgan fingerprint density at radius 2 is 2.00 bits per heavy atom. The molecule has 4 heteroatoms. The molecule has 0 saturated carbocycles. The van der Waals surface area contributed by atoms with Crippen molar-refractivity contribution in [2.45, 2.75) is 19.8 Å². The van der Waals surface area contributed by atoms with Gasteiger partial charge in [0.2, 0.25) is 0 Å². The van der Waals surface area contributed by atoms with Gasteiger partial charge < -0.3 is 14.6 Å². The third-order valence-electron chi connectivity index (χ3n) is 2.67. The van der Waals surface area contributed by atoms with Gasteiger partial charge in [-0.05, 0) is 18.1 Å². The van der Waals surface area contributed by atoms with Crippen LogP contribution in [0.5, 0.6) is 11.5 Å². The number of hydrogen-bond donors (Lipinski definition) is 1. The van der Waals surface area contributed by atoms with Crippen LogP contribution < -0.4 is 9.47 Å². The number of methoxy groups -OCH3 is 2. The first-order valence-corrected chi connectivity index (χ1v) is 5.46. The average Bonchev–Trinajstić information content (AvgIpc) is 2.27. The minimum Gasteiger partial charge on any atom is -0.493 e. The lowest BCUT2D eigenvalue weighted by Gasteiger charge is -2.19. The maximum absolute atomic E-state index is 9.20. The zero-order chi connectivity index (χ0) is 12.3. The minimum atomic E-state index is -0.0210. The number of rotatable bonds is 4. The fraction of sp³-hybridized carbons (Fsp3) is 0.500. The highest BCUT2D eigenvalue weighted by atomic mass is 35.5. The van der Waals surface area contributed by atoms with Gasteiger partial charge >= 0.3 is 0 Å². The number of aliphatic hydroxyl groups excluding tert-OH is 1. The van der Waals surface area contributed by atoms with Crippen LogP contribution in [0.4, 0.5) is 0 Å². The van der Waals surface area contributed by atoms with Crippen LogP contribution in [0.2, 0.25) is 5.02 Å². The van der Waals surface area contributed by atoms with Crippen LogP contribution >= 0.6 is 11.6 Å². The van der Waals surface area contributed by atoms with Gasteiger partial charge in [0.25, 0.3) is 0 Å². The van der Waals surface area contributed by atoms with Gasteiger partial charge in [-0.15, -0.1) is 0 Å². The van der Waals surface area contributed by atoms with Crippen LogP contribution in [0.3, 0.4) is 0 Å². The monoisotopic (exact) mass is 244 g/mol. The van der Waals surface area contributed by atoms with Crippen molar-refractivity contribution in [3.63, 3.8) is 0 Å². The Labute approximate surface area is 101 Å². The van der Waals surface area contributed by atoms with Crippen LogP contribution in [0.1, 0.15) is 24.0 Å². The number of halogens is 1. The van der Waals surface area contributed by atoms with E-state index in [4.69, 9.17) is 21.1 Å². The fourth-order valence-electron chi connectivity index (χ4n) is 1.85. The highest BCUT2D eigenvalue weighted by molar-refractivity contribution is 6.31. The summed E-state index contributed by atoms with van der Waals surface area (Å²) in [7, 11) is 3.16. The second-order valence-electron chi connectivity index (χ2n) is 3.72. The molecular formula is C12H17ClO3. The van der Waals surface area contributed by atoms with Crippen molar-refractivity contribution in [3.05, 3.63) is 22.2 Å². The molecule has 0 spiro atoms. The molecule has 1 rings (SSSR count). The third kappa shape index (κ3) is 2.25. The summed E-state index contributed by atoms with van der Waals surface area (Å²) in [5.74, 6) is 1.26. The van der Waals surface area contributed by atoms with Crippen molar-refractivity contribution >= 4 is 11.6 Å². The van der Waals surface area contributed by atoms with Gasteiger partial charge in [0.1, 0.15) is 0 Å². The molecule has 3 nitrogen and oxygen atoms in total. The van der Waals surface area contributed by atoms with E-state index in [2.05, 4.69) is 0 Å². The van der Waals surface area contributed by atoms with E-state index in [0.717, 1.165) is 11.1 Å². The van der Waals surface area contributed by atoms with Gasteiger partial charge in [0.15, 0.2) is 11.5 Å². The maximum atomic E-state index is 9.20. The summed E-state index contributed by atoms with van der Waals surface area (Å²) >= 11 is 6.17. The number of ether oxygens (including phenoxy) is 2. The number of aliphatic hydroxyl groups is 1. The summed E-state index contributed by atoms with van der Waals surface area (Å²) in [5, 5.41) is 9.79. The summed E-state index contributed by atoms with van der Waals surface area (Å²) in [5.41, 5.74) is 1.82. The third-order valence-corrected chi connectivity index (χ3v) is 2.99. The van der Waals surface area contributed by atoms with E-state index in [1.54, 1.807) is 20.3 Å². The molecule has 0 heterocycles. The zero-order valence-electron chi connectivity index (χ0n) is 10.0. The molecule has 1 aromatic carbocycles. The molecule has 0 fully saturated rings. The summed E-state index contributed by atoms with van der Waals surface area (Å²) in [6, 6.07) is 1.72. The van der Waals surface area contributed by atoms with Crippen molar-refractivity contribution in [1.82, 2.24) is 0 Å². The molecule has 0 amide bonds. The normalized spacial score (nSPS) is 12.4. The molecule has 0 saturated heterocycles. The van der Waals surface area contributed by atoms with Gasteiger partial charge in [-0.3, -0.25) is 0 Å². The fourth-order valence-corrected chi connectivity index (χ4v) is 2.27. The van der Waals surface area contributed by atoms with Crippen LogP contribution in [-0.4, -0.2) is 25.9 Å². The van der Waals surface area contributed by atoms with E-state index >= 15 is 0 Å². The quantitative estimate of drug-likeness (QED) is 0.885. The topological polar surface area (TPSA) is 38.7 Å². The summed E-state index contributed by atoms with van der Waals surface area (Å²) in [4.78, 5) is 0. The Balaban J connectivity index is 3.40. The molecule has 0 bridgehead atoms. The molecule has 16 heavy (non-hydrogen) atoms. The van der Waals surface area contributed by atoms with Crippen molar-refractivity contribution in [2.24, 2.45) is 0 Å². The number of hydrogen-bond acceptors (Lipinski definition) is 3. The Hall–Kier alpha value is -0.930. The van der Waals surface area contributed by atoms with E-state index < -0.39 is 0 Å².